The first kappa shape index (κ1) is 16.0. The van der Waals surface area contributed by atoms with Crippen molar-refractivity contribution in [1.29, 1.82) is 0 Å². The largest absolute Gasteiger partial charge is 0.391 e. The summed E-state index contributed by atoms with van der Waals surface area (Å²) in [6, 6.07) is -0.125. The van der Waals surface area contributed by atoms with Crippen molar-refractivity contribution >= 4 is 11.8 Å². The Morgan fingerprint density at radius 3 is 2.42 bits per heavy atom. The second-order valence-electron chi connectivity index (χ2n) is 6.28. The molecule has 0 spiro atoms. The van der Waals surface area contributed by atoms with Crippen molar-refractivity contribution in [3.8, 4) is 0 Å². The highest BCUT2D eigenvalue weighted by Crippen LogP contribution is 2.18. The number of carbonyl (C=O) groups excluding carboxylic acids is 2. The summed E-state index contributed by atoms with van der Waals surface area (Å²) in [4.78, 5) is 23.3. The number of nitrogens with one attached hydrogen (secondary N) is 2. The molecule has 0 aromatic carbocycles. The molecule has 110 valence electrons. The van der Waals surface area contributed by atoms with Crippen molar-refractivity contribution < 1.29 is 14.7 Å². The lowest BCUT2D eigenvalue weighted by Gasteiger charge is -2.28. The minimum absolute atomic E-state index is 0.0574. The van der Waals surface area contributed by atoms with E-state index >= 15 is 0 Å². The van der Waals surface area contributed by atoms with E-state index in [2.05, 4.69) is 10.6 Å². The molecule has 2 atom stereocenters. The number of amides is 2. The number of aliphatic hydroxyl groups excluding tert-OH is 1. The molecule has 0 bridgehead atoms. The maximum atomic E-state index is 11.7. The van der Waals surface area contributed by atoms with Gasteiger partial charge in [0.1, 0.15) is 0 Å². The van der Waals surface area contributed by atoms with Gasteiger partial charge in [-0.25, -0.2) is 0 Å². The minimum atomic E-state index is -0.434. The van der Waals surface area contributed by atoms with E-state index in [1.165, 1.54) is 0 Å². The average Bonchev–Trinajstić information content (AvgIpc) is 2.31. The Morgan fingerprint density at radius 1 is 1.21 bits per heavy atom. The lowest BCUT2D eigenvalue weighted by atomic mass is 9.92. The van der Waals surface area contributed by atoms with Crippen LogP contribution >= 0.6 is 0 Å². The van der Waals surface area contributed by atoms with Crippen LogP contribution in [0.25, 0.3) is 0 Å². The summed E-state index contributed by atoms with van der Waals surface area (Å²) in [5.41, 5.74) is -0.434. The Balaban J connectivity index is 2.23. The molecular formula is C14H26N2O3. The first-order valence-corrected chi connectivity index (χ1v) is 7.06. The number of hydrogen-bond acceptors (Lipinski definition) is 3. The summed E-state index contributed by atoms with van der Waals surface area (Å²) >= 11 is 0. The molecule has 3 N–H and O–H groups in total. The molecule has 0 aromatic rings. The Hall–Kier alpha value is -1.10. The van der Waals surface area contributed by atoms with Gasteiger partial charge in [0.15, 0.2) is 0 Å². The molecule has 19 heavy (non-hydrogen) atoms. The zero-order valence-corrected chi connectivity index (χ0v) is 12.2. The van der Waals surface area contributed by atoms with Crippen molar-refractivity contribution in [1.82, 2.24) is 10.6 Å². The molecule has 5 nitrogen and oxygen atoms in total. The van der Waals surface area contributed by atoms with Crippen molar-refractivity contribution in [2.24, 2.45) is 5.41 Å². The van der Waals surface area contributed by atoms with Crippen LogP contribution in [0.4, 0.5) is 0 Å². The molecule has 0 aliphatic heterocycles. The van der Waals surface area contributed by atoms with E-state index in [-0.39, 0.29) is 24.3 Å². The van der Waals surface area contributed by atoms with Crippen molar-refractivity contribution in [3.63, 3.8) is 0 Å². The summed E-state index contributed by atoms with van der Waals surface area (Å²) in [6.45, 7) is 5.84. The SMILES string of the molecule is CC(C)(C)C(=O)NCCC(=O)N[C@@H]1CCCC[C@H]1O. The molecule has 1 saturated carbocycles. The second kappa shape index (κ2) is 6.89. The zero-order valence-electron chi connectivity index (χ0n) is 12.2. The third kappa shape index (κ3) is 5.59. The van der Waals surface area contributed by atoms with Gasteiger partial charge >= 0.3 is 0 Å². The maximum absolute atomic E-state index is 11.7. The fraction of sp³-hybridized carbons (Fsp3) is 0.857. The molecule has 0 unspecified atom stereocenters. The Bertz CT molecular complexity index is 323. The van der Waals surface area contributed by atoms with Crippen molar-refractivity contribution in [2.45, 2.75) is 65.0 Å². The Labute approximate surface area is 115 Å². The quantitative estimate of drug-likeness (QED) is 0.712. The predicted molar refractivity (Wildman–Crippen MR) is 73.5 cm³/mol. The second-order valence-corrected chi connectivity index (χ2v) is 6.28. The zero-order chi connectivity index (χ0) is 14.5. The molecule has 0 saturated heterocycles. The summed E-state index contributed by atoms with van der Waals surface area (Å²) in [7, 11) is 0. The first-order valence-electron chi connectivity index (χ1n) is 7.06. The highest BCUT2D eigenvalue weighted by atomic mass is 16.3. The Morgan fingerprint density at radius 2 is 1.84 bits per heavy atom. The third-order valence-electron chi connectivity index (χ3n) is 3.39. The molecule has 2 amide bonds. The van der Waals surface area contributed by atoms with Crippen LogP contribution in [-0.2, 0) is 9.59 Å². The van der Waals surface area contributed by atoms with Crippen LogP contribution < -0.4 is 10.6 Å². The Kier molecular flexibility index (Phi) is 5.79. The molecule has 0 aromatic heterocycles. The molecule has 1 aliphatic rings. The standard InChI is InChI=1S/C14H26N2O3/c1-14(2,3)13(19)15-9-8-12(18)16-10-6-4-5-7-11(10)17/h10-11,17H,4-9H2,1-3H3,(H,15,19)(H,16,18)/t10-,11-/m1/s1. The molecule has 1 fully saturated rings. The van der Waals surface area contributed by atoms with Gasteiger partial charge in [-0.15, -0.1) is 0 Å². The van der Waals surface area contributed by atoms with E-state index in [9.17, 15) is 14.7 Å². The van der Waals surface area contributed by atoms with Crippen molar-refractivity contribution in [3.05, 3.63) is 0 Å². The van der Waals surface area contributed by atoms with E-state index < -0.39 is 11.5 Å². The molecule has 5 heteroatoms. The molecular weight excluding hydrogens is 244 g/mol. The van der Waals surface area contributed by atoms with E-state index in [1.807, 2.05) is 20.8 Å². The van der Waals surface area contributed by atoms with Crippen LogP contribution in [-0.4, -0.2) is 35.6 Å². The van der Waals surface area contributed by atoms with Crippen LogP contribution in [0.3, 0.4) is 0 Å². The maximum Gasteiger partial charge on any atom is 0.225 e. The average molecular weight is 270 g/mol. The number of aliphatic hydroxyl groups is 1. The molecule has 0 radical (unpaired) electrons. The van der Waals surface area contributed by atoms with Gasteiger partial charge in [0.25, 0.3) is 0 Å². The van der Waals surface area contributed by atoms with Crippen LogP contribution in [0, 0.1) is 5.41 Å². The summed E-state index contributed by atoms with van der Waals surface area (Å²) < 4.78 is 0. The number of hydrogen-bond donors (Lipinski definition) is 3. The van der Waals surface area contributed by atoms with E-state index in [0.29, 0.717) is 6.54 Å². The molecule has 0 heterocycles. The summed E-state index contributed by atoms with van der Waals surface area (Å²) in [5.74, 6) is -0.168. The molecule has 1 aliphatic carbocycles. The van der Waals surface area contributed by atoms with Crippen LogP contribution in [0.5, 0.6) is 0 Å². The number of carbonyl (C=O) groups is 2. The normalized spacial score (nSPS) is 23.8. The minimum Gasteiger partial charge on any atom is -0.391 e. The van der Waals surface area contributed by atoms with E-state index in [4.69, 9.17) is 0 Å². The lowest BCUT2D eigenvalue weighted by Crippen LogP contribution is -2.46. The number of rotatable bonds is 4. The highest BCUT2D eigenvalue weighted by molar-refractivity contribution is 5.82. The van der Waals surface area contributed by atoms with Gasteiger partial charge in [-0.3, -0.25) is 9.59 Å². The lowest BCUT2D eigenvalue weighted by molar-refractivity contribution is -0.128. The van der Waals surface area contributed by atoms with Gasteiger partial charge in [-0.2, -0.15) is 0 Å². The highest BCUT2D eigenvalue weighted by Gasteiger charge is 2.24. The monoisotopic (exact) mass is 270 g/mol. The summed E-state index contributed by atoms with van der Waals surface area (Å²) in [6.07, 6.45) is 3.48. The fourth-order valence-corrected chi connectivity index (χ4v) is 2.11. The van der Waals surface area contributed by atoms with Crippen molar-refractivity contribution in [2.75, 3.05) is 6.54 Å². The van der Waals surface area contributed by atoms with Gasteiger partial charge in [0.2, 0.25) is 11.8 Å². The van der Waals surface area contributed by atoms with Gasteiger partial charge in [-0.05, 0) is 12.8 Å². The van der Waals surface area contributed by atoms with E-state index in [1.54, 1.807) is 0 Å². The van der Waals surface area contributed by atoms with Crippen LogP contribution in [0.1, 0.15) is 52.9 Å². The molecule has 1 rings (SSSR count). The third-order valence-corrected chi connectivity index (χ3v) is 3.39. The van der Waals surface area contributed by atoms with E-state index in [0.717, 1.165) is 25.7 Å². The smallest absolute Gasteiger partial charge is 0.225 e. The fourth-order valence-electron chi connectivity index (χ4n) is 2.11. The van der Waals surface area contributed by atoms with Crippen LogP contribution in [0.15, 0.2) is 0 Å². The van der Waals surface area contributed by atoms with Gasteiger partial charge < -0.3 is 15.7 Å². The first-order chi connectivity index (χ1) is 8.80. The van der Waals surface area contributed by atoms with Gasteiger partial charge in [-0.1, -0.05) is 33.6 Å². The van der Waals surface area contributed by atoms with Crippen LogP contribution in [0.2, 0.25) is 0 Å². The summed E-state index contributed by atoms with van der Waals surface area (Å²) in [5, 5.41) is 15.3. The van der Waals surface area contributed by atoms with Gasteiger partial charge in [0.05, 0.1) is 12.1 Å². The topological polar surface area (TPSA) is 78.4 Å². The predicted octanol–water partition coefficient (Wildman–Crippen LogP) is 0.958. The van der Waals surface area contributed by atoms with Gasteiger partial charge in [0, 0.05) is 18.4 Å².